The van der Waals surface area contributed by atoms with E-state index in [-0.39, 0.29) is 0 Å². The predicted molar refractivity (Wildman–Crippen MR) is 72.6 cm³/mol. The van der Waals surface area contributed by atoms with E-state index >= 15 is 0 Å². The van der Waals surface area contributed by atoms with Crippen LogP contribution in [0.1, 0.15) is 32.6 Å². The molecule has 0 amide bonds. The summed E-state index contributed by atoms with van der Waals surface area (Å²) < 4.78 is 11.2. The minimum absolute atomic E-state index is 0.351. The first-order chi connectivity index (χ1) is 8.74. The Morgan fingerprint density at radius 3 is 2.50 bits per heavy atom. The van der Waals surface area contributed by atoms with E-state index < -0.39 is 0 Å². The third-order valence-corrected chi connectivity index (χ3v) is 4.46. The van der Waals surface area contributed by atoms with E-state index in [9.17, 15) is 0 Å². The zero-order chi connectivity index (χ0) is 13.0. The maximum atomic E-state index is 6.00. The molecule has 18 heavy (non-hydrogen) atoms. The van der Waals surface area contributed by atoms with Crippen molar-refractivity contribution in [2.45, 2.75) is 50.9 Å². The van der Waals surface area contributed by atoms with Crippen molar-refractivity contribution in [3.63, 3.8) is 0 Å². The Hall–Kier alpha value is -0.160. The quantitative estimate of drug-likeness (QED) is 0.804. The van der Waals surface area contributed by atoms with Crippen LogP contribution in [0.5, 0.6) is 0 Å². The molecule has 4 nitrogen and oxygen atoms in total. The molecular weight excluding hydrogens is 228 g/mol. The second-order valence-electron chi connectivity index (χ2n) is 5.80. The molecular formula is C14H28N2O2. The Morgan fingerprint density at radius 1 is 1.28 bits per heavy atom. The number of methoxy groups -OCH3 is 1. The predicted octanol–water partition coefficient (Wildman–Crippen LogP) is 1.24. The normalized spacial score (nSPS) is 32.8. The third-order valence-electron chi connectivity index (χ3n) is 4.46. The topological polar surface area (TPSA) is 47.7 Å². The Labute approximate surface area is 111 Å². The van der Waals surface area contributed by atoms with Gasteiger partial charge in [-0.2, -0.15) is 0 Å². The average molecular weight is 256 g/mol. The highest BCUT2D eigenvalue weighted by atomic mass is 16.5. The summed E-state index contributed by atoms with van der Waals surface area (Å²) in [5.41, 5.74) is 5.98. The number of likely N-dealkylation sites (tertiary alicyclic amines) is 1. The van der Waals surface area contributed by atoms with Crippen LogP contribution in [0.15, 0.2) is 0 Å². The first kappa shape index (κ1) is 14.3. The lowest BCUT2D eigenvalue weighted by Gasteiger charge is -2.39. The van der Waals surface area contributed by atoms with Crippen LogP contribution in [0.4, 0.5) is 0 Å². The average Bonchev–Trinajstić information content (AvgIpc) is 2.79. The molecule has 4 heteroatoms. The van der Waals surface area contributed by atoms with Crippen LogP contribution in [0.3, 0.4) is 0 Å². The van der Waals surface area contributed by atoms with Crippen molar-refractivity contribution < 1.29 is 9.47 Å². The molecule has 2 N–H and O–H groups in total. The zero-order valence-electron chi connectivity index (χ0n) is 11.8. The molecule has 2 aliphatic heterocycles. The monoisotopic (exact) mass is 256 g/mol. The van der Waals surface area contributed by atoms with Gasteiger partial charge in [-0.05, 0) is 51.6 Å². The summed E-state index contributed by atoms with van der Waals surface area (Å²) >= 11 is 0. The molecule has 3 atom stereocenters. The van der Waals surface area contributed by atoms with E-state index in [1.807, 2.05) is 0 Å². The molecule has 0 spiro atoms. The van der Waals surface area contributed by atoms with Gasteiger partial charge in [-0.3, -0.25) is 4.90 Å². The highest BCUT2D eigenvalue weighted by Crippen LogP contribution is 2.27. The minimum atomic E-state index is 0.351. The number of nitrogens with two attached hydrogens (primary N) is 1. The fraction of sp³-hybridized carbons (Fsp3) is 1.00. The van der Waals surface area contributed by atoms with Crippen molar-refractivity contribution in [1.29, 1.82) is 0 Å². The lowest BCUT2D eigenvalue weighted by Crippen LogP contribution is -2.51. The number of ether oxygens (including phenoxy) is 2. The summed E-state index contributed by atoms with van der Waals surface area (Å²) in [5, 5.41) is 0. The Morgan fingerprint density at radius 2 is 2.00 bits per heavy atom. The van der Waals surface area contributed by atoms with E-state index in [0.29, 0.717) is 24.8 Å². The summed E-state index contributed by atoms with van der Waals surface area (Å²) in [6.45, 7) is 6.07. The standard InChI is InChI=1S/C14H28N2O2/c1-11-3-4-14(18-11)13(9-15)16-7-5-12(6-8-16)10-17-2/h11-14H,3-10,15H2,1-2H3. The number of piperidine rings is 1. The van der Waals surface area contributed by atoms with Crippen LogP contribution in [-0.2, 0) is 9.47 Å². The molecule has 106 valence electrons. The van der Waals surface area contributed by atoms with Crippen LogP contribution < -0.4 is 5.73 Å². The fourth-order valence-corrected chi connectivity index (χ4v) is 3.34. The van der Waals surface area contributed by atoms with Crippen molar-refractivity contribution in [3.8, 4) is 0 Å². The highest BCUT2D eigenvalue weighted by Gasteiger charge is 2.34. The Kier molecular flexibility index (Phi) is 5.42. The molecule has 2 rings (SSSR count). The van der Waals surface area contributed by atoms with Crippen LogP contribution >= 0.6 is 0 Å². The Balaban J connectivity index is 1.82. The largest absolute Gasteiger partial charge is 0.384 e. The first-order valence-electron chi connectivity index (χ1n) is 7.33. The summed E-state index contributed by atoms with van der Waals surface area (Å²) in [6, 6.07) is 0.415. The van der Waals surface area contributed by atoms with Crippen molar-refractivity contribution in [1.82, 2.24) is 4.90 Å². The Bertz CT molecular complexity index is 242. The SMILES string of the molecule is COCC1CCN(C(CN)C2CCC(C)O2)CC1. The van der Waals surface area contributed by atoms with Gasteiger partial charge in [-0.25, -0.2) is 0 Å². The van der Waals surface area contributed by atoms with Gasteiger partial charge in [0.05, 0.1) is 12.2 Å². The van der Waals surface area contributed by atoms with Crippen molar-refractivity contribution >= 4 is 0 Å². The minimum Gasteiger partial charge on any atom is -0.384 e. The lowest BCUT2D eigenvalue weighted by molar-refractivity contribution is -0.0177. The van der Waals surface area contributed by atoms with Gasteiger partial charge >= 0.3 is 0 Å². The van der Waals surface area contributed by atoms with E-state index in [0.717, 1.165) is 25.6 Å². The smallest absolute Gasteiger partial charge is 0.0747 e. The number of hydrogen-bond acceptors (Lipinski definition) is 4. The zero-order valence-corrected chi connectivity index (χ0v) is 11.8. The van der Waals surface area contributed by atoms with Crippen LogP contribution in [0.25, 0.3) is 0 Å². The summed E-state index contributed by atoms with van der Waals surface area (Å²) in [7, 11) is 1.79. The van der Waals surface area contributed by atoms with Gasteiger partial charge < -0.3 is 15.2 Å². The molecule has 0 aliphatic carbocycles. The molecule has 0 aromatic carbocycles. The molecule has 0 radical (unpaired) electrons. The summed E-state index contributed by atoms with van der Waals surface area (Å²) in [6.07, 6.45) is 5.57. The first-order valence-corrected chi connectivity index (χ1v) is 7.33. The van der Waals surface area contributed by atoms with Gasteiger partial charge in [0, 0.05) is 26.3 Å². The van der Waals surface area contributed by atoms with Gasteiger partial charge in [0.1, 0.15) is 0 Å². The molecule has 2 aliphatic rings. The highest BCUT2D eigenvalue weighted by molar-refractivity contribution is 4.88. The van der Waals surface area contributed by atoms with E-state index in [1.165, 1.54) is 25.7 Å². The van der Waals surface area contributed by atoms with Gasteiger partial charge in [0.25, 0.3) is 0 Å². The van der Waals surface area contributed by atoms with E-state index in [4.69, 9.17) is 15.2 Å². The number of hydrogen-bond donors (Lipinski definition) is 1. The van der Waals surface area contributed by atoms with Gasteiger partial charge in [-0.15, -0.1) is 0 Å². The molecule has 3 unspecified atom stereocenters. The third kappa shape index (κ3) is 3.44. The van der Waals surface area contributed by atoms with Crippen LogP contribution in [0, 0.1) is 5.92 Å². The number of nitrogens with zero attached hydrogens (tertiary/aromatic N) is 1. The maximum absolute atomic E-state index is 6.00. The molecule has 0 saturated carbocycles. The van der Waals surface area contributed by atoms with Crippen molar-refractivity contribution in [3.05, 3.63) is 0 Å². The molecule has 0 bridgehead atoms. The van der Waals surface area contributed by atoms with Crippen LogP contribution in [-0.4, -0.2) is 56.5 Å². The molecule has 0 aromatic rings. The van der Waals surface area contributed by atoms with Gasteiger partial charge in [0.2, 0.25) is 0 Å². The van der Waals surface area contributed by atoms with E-state index in [1.54, 1.807) is 7.11 Å². The van der Waals surface area contributed by atoms with Gasteiger partial charge in [-0.1, -0.05) is 0 Å². The van der Waals surface area contributed by atoms with E-state index in [2.05, 4.69) is 11.8 Å². The summed E-state index contributed by atoms with van der Waals surface area (Å²) in [5.74, 6) is 0.730. The molecule has 2 heterocycles. The number of rotatable bonds is 5. The summed E-state index contributed by atoms with van der Waals surface area (Å²) in [4.78, 5) is 2.54. The van der Waals surface area contributed by atoms with Crippen molar-refractivity contribution in [2.75, 3.05) is 33.4 Å². The van der Waals surface area contributed by atoms with Crippen LogP contribution in [0.2, 0.25) is 0 Å². The van der Waals surface area contributed by atoms with Gasteiger partial charge in [0.15, 0.2) is 0 Å². The molecule has 2 fully saturated rings. The molecule has 2 saturated heterocycles. The lowest BCUT2D eigenvalue weighted by atomic mass is 9.95. The second-order valence-corrected chi connectivity index (χ2v) is 5.80. The second kappa shape index (κ2) is 6.85. The fourth-order valence-electron chi connectivity index (χ4n) is 3.34. The molecule has 0 aromatic heterocycles. The maximum Gasteiger partial charge on any atom is 0.0747 e. The van der Waals surface area contributed by atoms with Crippen molar-refractivity contribution in [2.24, 2.45) is 11.7 Å².